The average molecular weight is 510 g/mol. The highest BCUT2D eigenvalue weighted by atomic mass is 19.4. The van der Waals surface area contributed by atoms with Crippen LogP contribution in [0.4, 0.5) is 24.9 Å². The second-order valence-corrected chi connectivity index (χ2v) is 9.36. The smallest absolute Gasteiger partial charge is 0.405 e. The number of hydrogen-bond donors (Lipinski definition) is 3. The average Bonchev–Trinajstić information content (AvgIpc) is 2.84. The number of ether oxygens (including phenoxy) is 1. The largest absolute Gasteiger partial charge is 0.573 e. The fraction of sp³-hybridized carbons (Fsp3) is 0.357. The molecule has 5 N–H and O–H groups in total. The summed E-state index contributed by atoms with van der Waals surface area (Å²) in [5.74, 6) is 6.86. The number of aromatic nitrogens is 2. The highest BCUT2D eigenvalue weighted by Crippen LogP contribution is 2.29. The summed E-state index contributed by atoms with van der Waals surface area (Å²) in [5.41, 5.74) is 16.0. The van der Waals surface area contributed by atoms with Crippen LogP contribution in [0.1, 0.15) is 53.6 Å². The van der Waals surface area contributed by atoms with Crippen LogP contribution in [-0.2, 0) is 13.0 Å². The van der Waals surface area contributed by atoms with E-state index in [-0.39, 0.29) is 30.1 Å². The molecular weight excluding hydrogens is 479 g/mol. The molecule has 0 atom stereocenters. The maximum absolute atomic E-state index is 12.8. The van der Waals surface area contributed by atoms with Crippen molar-refractivity contribution in [1.29, 1.82) is 0 Å². The predicted molar refractivity (Wildman–Crippen MR) is 138 cm³/mol. The number of rotatable bonds is 6. The van der Waals surface area contributed by atoms with Crippen molar-refractivity contribution in [3.8, 4) is 17.6 Å². The number of alkyl halides is 3. The van der Waals surface area contributed by atoms with Crippen molar-refractivity contribution < 1.29 is 17.9 Å². The quantitative estimate of drug-likeness (QED) is 0.388. The first-order chi connectivity index (χ1) is 17.7. The van der Waals surface area contributed by atoms with Crippen molar-refractivity contribution in [2.24, 2.45) is 11.7 Å². The Balaban J connectivity index is 1.60. The zero-order valence-electron chi connectivity index (χ0n) is 20.6. The van der Waals surface area contributed by atoms with Gasteiger partial charge in [-0.15, -0.1) is 13.2 Å². The lowest BCUT2D eigenvalue weighted by Gasteiger charge is -2.26. The van der Waals surface area contributed by atoms with E-state index in [2.05, 4.69) is 26.9 Å². The van der Waals surface area contributed by atoms with E-state index in [1.165, 1.54) is 12.1 Å². The molecule has 1 fully saturated rings. The highest BCUT2D eigenvalue weighted by Gasteiger charge is 2.32. The minimum Gasteiger partial charge on any atom is -0.405 e. The van der Waals surface area contributed by atoms with Crippen LogP contribution in [-0.4, -0.2) is 22.4 Å². The summed E-state index contributed by atoms with van der Waals surface area (Å²) in [7, 11) is 0. The Bertz CT molecular complexity index is 1270. The van der Waals surface area contributed by atoms with Crippen LogP contribution in [0.25, 0.3) is 0 Å². The van der Waals surface area contributed by atoms with Crippen molar-refractivity contribution in [2.45, 2.75) is 58.0 Å². The molecule has 1 heterocycles. The molecule has 1 aromatic heterocycles. The number of hydrogen-bond acceptors (Lipinski definition) is 6. The second kappa shape index (κ2) is 11.5. The van der Waals surface area contributed by atoms with E-state index in [1.54, 1.807) is 12.1 Å². The molecule has 194 valence electrons. The topological polar surface area (TPSA) is 99.1 Å². The van der Waals surface area contributed by atoms with Crippen LogP contribution in [0.5, 0.6) is 5.75 Å². The van der Waals surface area contributed by atoms with Crippen molar-refractivity contribution in [3.63, 3.8) is 0 Å². The molecule has 1 aliphatic rings. The monoisotopic (exact) mass is 509 g/mol. The molecular formula is C28H30F3N5O. The van der Waals surface area contributed by atoms with Gasteiger partial charge in [-0.3, -0.25) is 0 Å². The minimum absolute atomic E-state index is 0.0256. The summed E-state index contributed by atoms with van der Waals surface area (Å²) in [5, 5.41) is 3.00. The van der Waals surface area contributed by atoms with E-state index in [0.717, 1.165) is 42.5 Å². The third kappa shape index (κ3) is 7.61. The van der Waals surface area contributed by atoms with Crippen molar-refractivity contribution in [2.75, 3.05) is 11.1 Å². The molecule has 37 heavy (non-hydrogen) atoms. The van der Waals surface area contributed by atoms with Crippen LogP contribution < -0.4 is 21.5 Å². The Hall–Kier alpha value is -3.77. The van der Waals surface area contributed by atoms with Crippen molar-refractivity contribution in [1.82, 2.24) is 9.97 Å². The standard InChI is InChI=1S/C28H30F3N5O/c1-18-6-8-19(9-7-18)12-15-23-24(16-20-10-13-22(32)14-11-20)35-27(36-26(23)33)34-17-21-4-2-3-5-25(21)37-28(29,30)31/h2-9,20,22H,10-11,13-14,16-17,32H2,1H3,(H3,33,34,35,36). The summed E-state index contributed by atoms with van der Waals surface area (Å²) in [4.78, 5) is 9.05. The Morgan fingerprint density at radius 1 is 1.00 bits per heavy atom. The predicted octanol–water partition coefficient (Wildman–Crippen LogP) is 5.34. The van der Waals surface area contributed by atoms with Gasteiger partial charge in [0.25, 0.3) is 0 Å². The van der Waals surface area contributed by atoms with Crippen molar-refractivity contribution >= 4 is 11.8 Å². The number of nitrogens with one attached hydrogen (secondary N) is 1. The lowest BCUT2D eigenvalue weighted by Crippen LogP contribution is -2.27. The Morgan fingerprint density at radius 3 is 2.41 bits per heavy atom. The van der Waals surface area contributed by atoms with E-state index in [9.17, 15) is 13.2 Å². The first-order valence-corrected chi connectivity index (χ1v) is 12.2. The van der Waals surface area contributed by atoms with E-state index in [0.29, 0.717) is 23.5 Å². The SMILES string of the molecule is Cc1ccc(C#Cc2c(N)nc(NCc3ccccc3OC(F)(F)F)nc2CC2CCC(N)CC2)cc1. The molecule has 0 saturated heterocycles. The van der Waals surface area contributed by atoms with Gasteiger partial charge in [-0.2, -0.15) is 4.98 Å². The molecule has 6 nitrogen and oxygen atoms in total. The molecule has 0 bridgehead atoms. The normalized spacial score (nSPS) is 17.5. The molecule has 1 saturated carbocycles. The van der Waals surface area contributed by atoms with Gasteiger partial charge in [-0.25, -0.2) is 4.98 Å². The molecule has 0 aliphatic heterocycles. The Morgan fingerprint density at radius 2 is 1.70 bits per heavy atom. The number of nitrogens with zero attached hydrogens (tertiary/aromatic N) is 2. The molecule has 3 aromatic rings. The highest BCUT2D eigenvalue weighted by molar-refractivity contribution is 5.58. The molecule has 0 amide bonds. The number of anilines is 2. The number of para-hydroxylation sites is 1. The summed E-state index contributed by atoms with van der Waals surface area (Å²) in [6.45, 7) is 2.04. The van der Waals surface area contributed by atoms with Crippen LogP contribution in [0.3, 0.4) is 0 Å². The Kier molecular flexibility index (Phi) is 8.19. The number of nitrogens with two attached hydrogens (primary N) is 2. The molecule has 0 unspecified atom stereocenters. The van der Waals surface area contributed by atoms with E-state index < -0.39 is 6.36 Å². The summed E-state index contributed by atoms with van der Waals surface area (Å²) in [6, 6.07) is 14.0. The minimum atomic E-state index is -4.79. The number of benzene rings is 2. The van der Waals surface area contributed by atoms with Crippen LogP contribution in [0.15, 0.2) is 48.5 Å². The van der Waals surface area contributed by atoms with Gasteiger partial charge < -0.3 is 21.5 Å². The van der Waals surface area contributed by atoms with Gasteiger partial charge in [-0.05, 0) is 63.1 Å². The maximum atomic E-state index is 12.8. The molecule has 9 heteroatoms. The van der Waals surface area contributed by atoms with Gasteiger partial charge in [0.2, 0.25) is 5.95 Å². The van der Waals surface area contributed by atoms with Crippen LogP contribution in [0.2, 0.25) is 0 Å². The number of nitrogen functional groups attached to an aromatic ring is 1. The zero-order valence-corrected chi connectivity index (χ0v) is 20.6. The van der Waals surface area contributed by atoms with Gasteiger partial charge in [0.15, 0.2) is 0 Å². The molecule has 4 rings (SSSR count). The summed E-state index contributed by atoms with van der Waals surface area (Å²) in [6.07, 6.45) is -0.237. The fourth-order valence-corrected chi connectivity index (χ4v) is 4.38. The van der Waals surface area contributed by atoms with E-state index in [4.69, 9.17) is 16.5 Å². The van der Waals surface area contributed by atoms with Gasteiger partial charge in [-0.1, -0.05) is 47.7 Å². The van der Waals surface area contributed by atoms with Crippen molar-refractivity contribution in [3.05, 3.63) is 76.5 Å². The van der Waals surface area contributed by atoms with Crippen LogP contribution in [0, 0.1) is 24.7 Å². The van der Waals surface area contributed by atoms with Gasteiger partial charge in [0, 0.05) is 23.7 Å². The van der Waals surface area contributed by atoms with E-state index in [1.807, 2.05) is 31.2 Å². The third-order valence-corrected chi connectivity index (χ3v) is 6.40. The van der Waals surface area contributed by atoms with Crippen LogP contribution >= 0.6 is 0 Å². The fourth-order valence-electron chi connectivity index (χ4n) is 4.38. The van der Waals surface area contributed by atoms with Gasteiger partial charge in [0.1, 0.15) is 11.6 Å². The number of aryl methyl sites for hydroxylation is 1. The molecule has 0 spiro atoms. The Labute approximate surface area is 214 Å². The lowest BCUT2D eigenvalue weighted by atomic mass is 9.83. The maximum Gasteiger partial charge on any atom is 0.573 e. The third-order valence-electron chi connectivity index (χ3n) is 6.40. The molecule has 2 aromatic carbocycles. The zero-order chi connectivity index (χ0) is 26.4. The lowest BCUT2D eigenvalue weighted by molar-refractivity contribution is -0.274. The van der Waals surface area contributed by atoms with Gasteiger partial charge >= 0.3 is 6.36 Å². The first kappa shape index (κ1) is 26.3. The van der Waals surface area contributed by atoms with Gasteiger partial charge in [0.05, 0.1) is 11.3 Å². The summed E-state index contributed by atoms with van der Waals surface area (Å²) >= 11 is 0. The van der Waals surface area contributed by atoms with E-state index >= 15 is 0 Å². The number of halogens is 3. The first-order valence-electron chi connectivity index (χ1n) is 12.2. The second-order valence-electron chi connectivity index (χ2n) is 9.36. The molecule has 1 aliphatic carbocycles. The summed E-state index contributed by atoms with van der Waals surface area (Å²) < 4.78 is 42.5. The molecule has 0 radical (unpaired) electrons.